The monoisotopic (exact) mass is 309 g/mol. The van der Waals surface area contributed by atoms with Gasteiger partial charge in [0, 0.05) is 0 Å². The number of hydrogen-bond donors (Lipinski definition) is 1. The Morgan fingerprint density at radius 3 is 2.67 bits per heavy atom. The van der Waals surface area contributed by atoms with Gasteiger partial charge in [-0.25, -0.2) is 19.2 Å². The Morgan fingerprint density at radius 1 is 1.29 bits per heavy atom. The van der Waals surface area contributed by atoms with Gasteiger partial charge in [0.05, 0.1) is 30.8 Å². The number of hydrogen-bond acceptors (Lipinski definition) is 5. The normalized spacial score (nSPS) is 10.0. The molecule has 108 valence electrons. The highest BCUT2D eigenvalue weighted by atomic mass is 35.5. The first kappa shape index (κ1) is 14.9. The lowest BCUT2D eigenvalue weighted by molar-refractivity contribution is 0.0600. The number of anilines is 1. The number of nitrogens with zero attached hydrogens (tertiary/aromatic N) is 2. The van der Waals surface area contributed by atoms with Crippen molar-refractivity contribution in [3.63, 3.8) is 0 Å². The molecule has 0 spiro atoms. The number of benzene rings is 1. The standard InChI is InChI=1S/C13H9ClFN3O3/c1-21-13(20)7-2-3-8(15)9(4-7)18-12(19)10-5-17-11(14)6-16-10/h2-6H,1H3,(H,18,19). The molecule has 2 aromatic rings. The minimum atomic E-state index is -0.696. The van der Waals surface area contributed by atoms with E-state index in [1.54, 1.807) is 0 Å². The summed E-state index contributed by atoms with van der Waals surface area (Å²) in [4.78, 5) is 30.7. The highest BCUT2D eigenvalue weighted by Crippen LogP contribution is 2.17. The minimum absolute atomic E-state index is 0.0396. The van der Waals surface area contributed by atoms with E-state index in [2.05, 4.69) is 20.0 Å². The number of ether oxygens (including phenoxy) is 1. The van der Waals surface area contributed by atoms with E-state index in [-0.39, 0.29) is 22.1 Å². The van der Waals surface area contributed by atoms with Gasteiger partial charge in [-0.1, -0.05) is 11.6 Å². The highest BCUT2D eigenvalue weighted by Gasteiger charge is 2.14. The Labute approximate surface area is 123 Å². The van der Waals surface area contributed by atoms with E-state index in [4.69, 9.17) is 11.6 Å². The van der Waals surface area contributed by atoms with Crippen molar-refractivity contribution in [2.24, 2.45) is 0 Å². The molecule has 0 unspecified atom stereocenters. The Hall–Kier alpha value is -2.54. The van der Waals surface area contributed by atoms with Crippen LogP contribution in [0, 0.1) is 5.82 Å². The molecule has 0 atom stereocenters. The molecular weight excluding hydrogens is 301 g/mol. The van der Waals surface area contributed by atoms with Crippen molar-refractivity contribution in [1.29, 1.82) is 0 Å². The molecule has 0 aliphatic heterocycles. The molecule has 1 heterocycles. The number of halogens is 2. The molecule has 1 N–H and O–H groups in total. The smallest absolute Gasteiger partial charge is 0.337 e. The van der Waals surface area contributed by atoms with Gasteiger partial charge >= 0.3 is 5.97 Å². The fraction of sp³-hybridized carbons (Fsp3) is 0.0769. The van der Waals surface area contributed by atoms with Gasteiger partial charge in [0.1, 0.15) is 16.7 Å². The topological polar surface area (TPSA) is 81.2 Å². The number of esters is 1. The first-order valence-electron chi connectivity index (χ1n) is 5.68. The summed E-state index contributed by atoms with van der Waals surface area (Å²) >= 11 is 5.56. The lowest BCUT2D eigenvalue weighted by Crippen LogP contribution is -2.15. The minimum Gasteiger partial charge on any atom is -0.465 e. The maximum Gasteiger partial charge on any atom is 0.337 e. The molecule has 8 heteroatoms. The second kappa shape index (κ2) is 6.27. The Kier molecular flexibility index (Phi) is 4.44. The molecule has 2 rings (SSSR count). The first-order chi connectivity index (χ1) is 10.0. The summed E-state index contributed by atoms with van der Waals surface area (Å²) < 4.78 is 18.2. The zero-order valence-corrected chi connectivity index (χ0v) is 11.5. The van der Waals surface area contributed by atoms with E-state index >= 15 is 0 Å². The summed E-state index contributed by atoms with van der Waals surface area (Å²) in [6.45, 7) is 0. The molecule has 0 fully saturated rings. The van der Waals surface area contributed by atoms with Crippen molar-refractivity contribution < 1.29 is 18.7 Å². The lowest BCUT2D eigenvalue weighted by atomic mass is 10.2. The quantitative estimate of drug-likeness (QED) is 0.880. The van der Waals surface area contributed by atoms with E-state index in [9.17, 15) is 14.0 Å². The third-order valence-corrected chi connectivity index (χ3v) is 2.68. The van der Waals surface area contributed by atoms with Crippen molar-refractivity contribution in [2.75, 3.05) is 12.4 Å². The maximum absolute atomic E-state index is 13.7. The lowest BCUT2D eigenvalue weighted by Gasteiger charge is -2.07. The number of nitrogens with one attached hydrogen (secondary N) is 1. The van der Waals surface area contributed by atoms with Crippen molar-refractivity contribution in [2.45, 2.75) is 0 Å². The van der Waals surface area contributed by atoms with Crippen molar-refractivity contribution in [3.8, 4) is 0 Å². The van der Waals surface area contributed by atoms with Crippen LogP contribution in [0.4, 0.5) is 10.1 Å². The van der Waals surface area contributed by atoms with Gasteiger partial charge in [-0.3, -0.25) is 4.79 Å². The van der Waals surface area contributed by atoms with E-state index in [1.807, 2.05) is 0 Å². The van der Waals surface area contributed by atoms with Crippen LogP contribution in [0.1, 0.15) is 20.8 Å². The number of carbonyl (C=O) groups excluding carboxylic acids is 2. The predicted octanol–water partition coefficient (Wildman–Crippen LogP) is 2.31. The van der Waals surface area contributed by atoms with Crippen molar-refractivity contribution >= 4 is 29.2 Å². The number of carbonyl (C=O) groups is 2. The SMILES string of the molecule is COC(=O)c1ccc(F)c(NC(=O)c2cnc(Cl)cn2)c1. The Bertz CT molecular complexity index is 692. The summed E-state index contributed by atoms with van der Waals surface area (Å²) in [6.07, 6.45) is 2.34. The van der Waals surface area contributed by atoms with Crippen LogP contribution in [-0.4, -0.2) is 29.0 Å². The molecule has 0 aliphatic carbocycles. The van der Waals surface area contributed by atoms with E-state index in [0.717, 1.165) is 12.3 Å². The maximum atomic E-state index is 13.7. The summed E-state index contributed by atoms with van der Waals surface area (Å²) in [5, 5.41) is 2.43. The molecule has 0 aliphatic rings. The van der Waals surface area contributed by atoms with Gasteiger partial charge in [-0.05, 0) is 18.2 Å². The largest absolute Gasteiger partial charge is 0.465 e. The summed E-state index contributed by atoms with van der Waals surface area (Å²) in [6, 6.07) is 3.47. The molecule has 0 radical (unpaired) electrons. The van der Waals surface area contributed by atoms with Crippen LogP contribution in [-0.2, 0) is 4.74 Å². The molecule has 0 saturated heterocycles. The average molecular weight is 310 g/mol. The number of rotatable bonds is 3. The van der Waals surface area contributed by atoms with Crippen LogP contribution in [0.2, 0.25) is 5.15 Å². The molecular formula is C13H9ClFN3O3. The Morgan fingerprint density at radius 2 is 2.05 bits per heavy atom. The number of amides is 1. The zero-order valence-electron chi connectivity index (χ0n) is 10.8. The summed E-state index contributed by atoms with van der Waals surface area (Å²) in [5.74, 6) is -2.02. The molecule has 1 amide bonds. The van der Waals surface area contributed by atoms with Crippen molar-refractivity contribution in [3.05, 3.63) is 52.8 Å². The predicted molar refractivity (Wildman–Crippen MR) is 72.7 cm³/mol. The highest BCUT2D eigenvalue weighted by molar-refractivity contribution is 6.29. The van der Waals surface area contributed by atoms with Crippen LogP contribution in [0.5, 0.6) is 0 Å². The van der Waals surface area contributed by atoms with Gasteiger partial charge in [0.2, 0.25) is 0 Å². The van der Waals surface area contributed by atoms with Gasteiger partial charge in [-0.2, -0.15) is 0 Å². The number of aromatic nitrogens is 2. The Balaban J connectivity index is 2.24. The molecule has 1 aromatic carbocycles. The van der Waals surface area contributed by atoms with Gasteiger partial charge < -0.3 is 10.1 Å². The first-order valence-corrected chi connectivity index (χ1v) is 6.06. The van der Waals surface area contributed by atoms with E-state index < -0.39 is 17.7 Å². The van der Waals surface area contributed by atoms with Gasteiger partial charge in [0.25, 0.3) is 5.91 Å². The third-order valence-electron chi connectivity index (χ3n) is 2.49. The van der Waals surface area contributed by atoms with Crippen molar-refractivity contribution in [1.82, 2.24) is 9.97 Å². The van der Waals surface area contributed by atoms with Crippen LogP contribution < -0.4 is 5.32 Å². The van der Waals surface area contributed by atoms with Crippen LogP contribution >= 0.6 is 11.6 Å². The van der Waals surface area contributed by atoms with Crippen LogP contribution in [0.15, 0.2) is 30.6 Å². The second-order valence-corrected chi connectivity index (χ2v) is 4.25. The second-order valence-electron chi connectivity index (χ2n) is 3.86. The van der Waals surface area contributed by atoms with Crippen LogP contribution in [0.25, 0.3) is 0 Å². The fourth-order valence-corrected chi connectivity index (χ4v) is 1.58. The summed E-state index contributed by atoms with van der Waals surface area (Å²) in [5.41, 5.74) is -0.0988. The van der Waals surface area contributed by atoms with Gasteiger partial charge in [0.15, 0.2) is 0 Å². The molecule has 6 nitrogen and oxygen atoms in total. The third kappa shape index (κ3) is 3.51. The fourth-order valence-electron chi connectivity index (χ4n) is 1.48. The average Bonchev–Trinajstić information content (AvgIpc) is 2.49. The molecule has 21 heavy (non-hydrogen) atoms. The zero-order chi connectivity index (χ0) is 15.4. The summed E-state index contributed by atoms with van der Waals surface area (Å²) in [7, 11) is 1.20. The van der Waals surface area contributed by atoms with E-state index in [1.165, 1.54) is 25.4 Å². The van der Waals surface area contributed by atoms with Crippen LogP contribution in [0.3, 0.4) is 0 Å². The molecule has 0 bridgehead atoms. The molecule has 0 saturated carbocycles. The van der Waals surface area contributed by atoms with Gasteiger partial charge in [-0.15, -0.1) is 0 Å². The number of methoxy groups -OCH3 is 1. The van der Waals surface area contributed by atoms with E-state index in [0.29, 0.717) is 0 Å². The molecule has 1 aromatic heterocycles.